The maximum atomic E-state index is 5.94. The lowest BCUT2D eigenvalue weighted by atomic mass is 10.0. The van der Waals surface area contributed by atoms with Crippen LogP contribution in [0.1, 0.15) is 18.5 Å². The summed E-state index contributed by atoms with van der Waals surface area (Å²) in [6, 6.07) is 8.64. The third-order valence-electron chi connectivity index (χ3n) is 3.11. The molecule has 17 heavy (non-hydrogen) atoms. The molecule has 1 aliphatic heterocycles. The van der Waals surface area contributed by atoms with Crippen molar-refractivity contribution in [1.82, 2.24) is 5.32 Å². The Hall–Kier alpha value is 0.170. The molecule has 1 fully saturated rings. The van der Waals surface area contributed by atoms with Crippen LogP contribution in [-0.2, 0) is 0 Å². The van der Waals surface area contributed by atoms with Gasteiger partial charge in [-0.3, -0.25) is 0 Å². The first-order valence-electron chi connectivity index (χ1n) is 5.88. The lowest BCUT2D eigenvalue weighted by Crippen LogP contribution is -2.36. The molecule has 2 rings (SSSR count). The van der Waals surface area contributed by atoms with Crippen molar-refractivity contribution in [2.24, 2.45) is 0 Å². The van der Waals surface area contributed by atoms with Crippen LogP contribution in [0, 0.1) is 0 Å². The number of hydrogen-bond acceptors (Lipinski definition) is 3. The van der Waals surface area contributed by atoms with Gasteiger partial charge in [-0.2, -0.15) is 23.5 Å². The summed E-state index contributed by atoms with van der Waals surface area (Å²) in [5, 5.41) is 5.60. The van der Waals surface area contributed by atoms with Crippen LogP contribution in [-0.4, -0.2) is 29.1 Å². The Balaban J connectivity index is 2.17. The molecule has 3 atom stereocenters. The Morgan fingerprint density at radius 1 is 1.24 bits per heavy atom. The normalized spacial score (nSPS) is 26.8. The maximum Gasteiger partial charge on any atom is 0.0448 e. The largest absolute Gasteiger partial charge is 0.312 e. The van der Waals surface area contributed by atoms with Gasteiger partial charge in [0.2, 0.25) is 0 Å². The highest BCUT2D eigenvalue weighted by Crippen LogP contribution is 2.38. The van der Waals surface area contributed by atoms with Gasteiger partial charge in [0.15, 0.2) is 0 Å². The molecule has 1 saturated heterocycles. The first-order valence-corrected chi connectivity index (χ1v) is 8.36. The van der Waals surface area contributed by atoms with Crippen LogP contribution < -0.4 is 5.32 Å². The van der Waals surface area contributed by atoms with Crippen LogP contribution in [0.3, 0.4) is 0 Å². The molecule has 0 bridgehead atoms. The van der Waals surface area contributed by atoms with Gasteiger partial charge in [-0.1, -0.05) is 30.7 Å². The first kappa shape index (κ1) is 13.6. The lowest BCUT2D eigenvalue weighted by Gasteiger charge is -2.34. The predicted molar refractivity (Wildman–Crippen MR) is 81.4 cm³/mol. The zero-order chi connectivity index (χ0) is 12.3. The van der Waals surface area contributed by atoms with Gasteiger partial charge in [0.1, 0.15) is 0 Å². The highest BCUT2D eigenvalue weighted by Gasteiger charge is 2.30. The molecule has 0 aliphatic carbocycles. The fourth-order valence-corrected chi connectivity index (χ4v) is 5.32. The van der Waals surface area contributed by atoms with Crippen molar-refractivity contribution in [1.29, 1.82) is 0 Å². The zero-order valence-electron chi connectivity index (χ0n) is 10.2. The number of rotatable bonds is 3. The molecule has 1 nitrogen and oxygen atoms in total. The van der Waals surface area contributed by atoms with E-state index in [2.05, 4.69) is 47.9 Å². The summed E-state index contributed by atoms with van der Waals surface area (Å²) in [6.45, 7) is 2.34. The smallest absolute Gasteiger partial charge is 0.0448 e. The van der Waals surface area contributed by atoms with Crippen LogP contribution in [0.15, 0.2) is 24.3 Å². The van der Waals surface area contributed by atoms with Gasteiger partial charge in [-0.05, 0) is 24.7 Å². The second-order valence-corrected chi connectivity index (χ2v) is 7.44. The quantitative estimate of drug-likeness (QED) is 0.907. The topological polar surface area (TPSA) is 12.0 Å². The SMILES string of the molecule is CNC(c1ccc(Cl)cc1)C1SCCSC1C. The van der Waals surface area contributed by atoms with Gasteiger partial charge < -0.3 is 5.32 Å². The number of benzene rings is 1. The second kappa shape index (κ2) is 6.37. The van der Waals surface area contributed by atoms with E-state index in [0.29, 0.717) is 16.5 Å². The van der Waals surface area contributed by atoms with Gasteiger partial charge in [-0.15, -0.1) is 0 Å². The van der Waals surface area contributed by atoms with E-state index >= 15 is 0 Å². The molecular formula is C13H18ClNS2. The van der Waals surface area contributed by atoms with E-state index in [1.807, 2.05) is 19.2 Å². The molecule has 0 aromatic heterocycles. The maximum absolute atomic E-state index is 5.94. The van der Waals surface area contributed by atoms with Crippen LogP contribution in [0.2, 0.25) is 5.02 Å². The van der Waals surface area contributed by atoms with Crippen molar-refractivity contribution in [2.45, 2.75) is 23.5 Å². The van der Waals surface area contributed by atoms with Crippen LogP contribution in [0.25, 0.3) is 0 Å². The van der Waals surface area contributed by atoms with Crippen molar-refractivity contribution in [2.75, 3.05) is 18.6 Å². The zero-order valence-corrected chi connectivity index (χ0v) is 12.5. The first-order chi connectivity index (χ1) is 8.22. The molecule has 1 aliphatic rings. The van der Waals surface area contributed by atoms with E-state index in [1.165, 1.54) is 17.1 Å². The monoisotopic (exact) mass is 287 g/mol. The molecule has 1 heterocycles. The molecular weight excluding hydrogens is 270 g/mol. The average molecular weight is 288 g/mol. The van der Waals surface area contributed by atoms with Gasteiger partial charge in [0.25, 0.3) is 0 Å². The van der Waals surface area contributed by atoms with Gasteiger partial charge in [-0.25, -0.2) is 0 Å². The second-order valence-electron chi connectivity index (χ2n) is 4.23. The molecule has 1 N–H and O–H groups in total. The minimum Gasteiger partial charge on any atom is -0.312 e. The highest BCUT2D eigenvalue weighted by molar-refractivity contribution is 8.07. The van der Waals surface area contributed by atoms with Gasteiger partial charge in [0.05, 0.1) is 0 Å². The minimum absolute atomic E-state index is 0.417. The predicted octanol–water partition coefficient (Wildman–Crippen LogP) is 3.84. The van der Waals surface area contributed by atoms with Crippen LogP contribution >= 0.6 is 35.1 Å². The third-order valence-corrected chi connectivity index (χ3v) is 6.55. The van der Waals surface area contributed by atoms with Gasteiger partial charge in [0, 0.05) is 33.1 Å². The Morgan fingerprint density at radius 2 is 1.88 bits per heavy atom. The van der Waals surface area contributed by atoms with Crippen molar-refractivity contribution in [3.63, 3.8) is 0 Å². The number of halogens is 1. The summed E-state index contributed by atoms with van der Waals surface area (Å²) < 4.78 is 0. The van der Waals surface area contributed by atoms with Crippen LogP contribution in [0.4, 0.5) is 0 Å². The number of hydrogen-bond donors (Lipinski definition) is 1. The minimum atomic E-state index is 0.417. The number of thioether (sulfide) groups is 2. The molecule has 0 radical (unpaired) electrons. The standard InChI is InChI=1S/C13H18ClNS2/c1-9-13(17-8-7-16-9)12(15-2)10-3-5-11(14)6-4-10/h3-6,9,12-13,15H,7-8H2,1-2H3. The van der Waals surface area contributed by atoms with E-state index in [4.69, 9.17) is 11.6 Å². The molecule has 0 amide bonds. The molecule has 1 aromatic rings. The molecule has 1 aromatic carbocycles. The summed E-state index contributed by atoms with van der Waals surface area (Å²) in [4.78, 5) is 0. The summed E-state index contributed by atoms with van der Waals surface area (Å²) in [5.41, 5.74) is 1.34. The molecule has 94 valence electrons. The summed E-state index contributed by atoms with van der Waals surface area (Å²) >= 11 is 10.1. The molecule has 0 saturated carbocycles. The Labute approximate surface area is 117 Å². The molecule has 3 unspecified atom stereocenters. The van der Waals surface area contributed by atoms with Crippen molar-refractivity contribution in [3.05, 3.63) is 34.9 Å². The highest BCUT2D eigenvalue weighted by atomic mass is 35.5. The third kappa shape index (κ3) is 3.34. The van der Waals surface area contributed by atoms with E-state index in [1.54, 1.807) is 0 Å². The summed E-state index contributed by atoms with van der Waals surface area (Å²) in [5.74, 6) is 2.53. The van der Waals surface area contributed by atoms with Crippen molar-refractivity contribution >= 4 is 35.1 Å². The fourth-order valence-electron chi connectivity index (χ4n) is 2.21. The Morgan fingerprint density at radius 3 is 2.47 bits per heavy atom. The molecule has 0 spiro atoms. The van der Waals surface area contributed by atoms with E-state index in [-0.39, 0.29) is 0 Å². The van der Waals surface area contributed by atoms with Crippen molar-refractivity contribution < 1.29 is 0 Å². The van der Waals surface area contributed by atoms with Crippen molar-refractivity contribution in [3.8, 4) is 0 Å². The molecule has 4 heteroatoms. The van der Waals surface area contributed by atoms with E-state index in [0.717, 1.165) is 5.02 Å². The summed E-state index contributed by atoms with van der Waals surface area (Å²) in [7, 11) is 2.05. The Kier molecular flexibility index (Phi) is 5.10. The lowest BCUT2D eigenvalue weighted by molar-refractivity contribution is 0.561. The number of nitrogens with one attached hydrogen (secondary N) is 1. The average Bonchev–Trinajstić information content (AvgIpc) is 2.35. The van der Waals surface area contributed by atoms with Crippen LogP contribution in [0.5, 0.6) is 0 Å². The van der Waals surface area contributed by atoms with E-state index in [9.17, 15) is 0 Å². The summed E-state index contributed by atoms with van der Waals surface area (Å²) in [6.07, 6.45) is 0. The Bertz CT molecular complexity index is 355. The van der Waals surface area contributed by atoms with Gasteiger partial charge >= 0.3 is 0 Å². The van der Waals surface area contributed by atoms with E-state index < -0.39 is 0 Å². The fraction of sp³-hybridized carbons (Fsp3) is 0.538.